The number of halogens is 2. The summed E-state index contributed by atoms with van der Waals surface area (Å²) in [5, 5.41) is 3.76. The minimum Gasteiger partial charge on any atom is -0.497 e. The van der Waals surface area contributed by atoms with Crippen LogP contribution in [0.3, 0.4) is 0 Å². The van der Waals surface area contributed by atoms with Crippen molar-refractivity contribution in [1.82, 2.24) is 5.32 Å². The van der Waals surface area contributed by atoms with Crippen molar-refractivity contribution in [3.63, 3.8) is 0 Å². The molecule has 0 saturated carbocycles. The SMILES string of the molecule is COc1ccc([C@H](C)NCc2cc(F)cc(Cl)c2)cc1. The molecule has 0 heterocycles. The van der Waals surface area contributed by atoms with Crippen molar-refractivity contribution < 1.29 is 9.13 Å². The summed E-state index contributed by atoms with van der Waals surface area (Å²) in [4.78, 5) is 0. The number of hydrogen-bond donors (Lipinski definition) is 1. The summed E-state index contributed by atoms with van der Waals surface area (Å²) >= 11 is 5.83. The second-order valence-corrected chi connectivity index (χ2v) is 5.09. The maximum atomic E-state index is 13.2. The van der Waals surface area contributed by atoms with E-state index in [1.54, 1.807) is 13.2 Å². The highest BCUT2D eigenvalue weighted by molar-refractivity contribution is 6.30. The van der Waals surface area contributed by atoms with Crippen LogP contribution in [0, 0.1) is 5.82 Å². The van der Waals surface area contributed by atoms with Crippen LogP contribution < -0.4 is 10.1 Å². The van der Waals surface area contributed by atoms with Gasteiger partial charge in [-0.05, 0) is 48.4 Å². The van der Waals surface area contributed by atoms with Crippen molar-refractivity contribution in [2.75, 3.05) is 7.11 Å². The second kappa shape index (κ2) is 6.73. The highest BCUT2D eigenvalue weighted by Crippen LogP contribution is 2.19. The third-order valence-corrected chi connectivity index (χ3v) is 3.37. The molecule has 2 nitrogen and oxygen atoms in total. The molecule has 4 heteroatoms. The second-order valence-electron chi connectivity index (χ2n) is 4.65. The van der Waals surface area contributed by atoms with E-state index in [-0.39, 0.29) is 11.9 Å². The van der Waals surface area contributed by atoms with Crippen molar-refractivity contribution in [2.24, 2.45) is 0 Å². The fraction of sp³-hybridized carbons (Fsp3) is 0.250. The number of hydrogen-bond acceptors (Lipinski definition) is 2. The highest BCUT2D eigenvalue weighted by Gasteiger charge is 2.06. The molecule has 0 saturated heterocycles. The monoisotopic (exact) mass is 293 g/mol. The molecule has 20 heavy (non-hydrogen) atoms. The van der Waals surface area contributed by atoms with E-state index in [1.807, 2.05) is 24.3 Å². The Bertz CT molecular complexity index is 551. The van der Waals surface area contributed by atoms with Crippen LogP contribution in [-0.2, 0) is 6.54 Å². The van der Waals surface area contributed by atoms with E-state index in [1.165, 1.54) is 12.1 Å². The standard InChI is InChI=1S/C16H17ClFNO/c1-11(13-3-5-16(20-2)6-4-13)19-10-12-7-14(17)9-15(18)8-12/h3-9,11,19H,10H2,1-2H3/t11-/m0/s1. The molecule has 1 atom stereocenters. The van der Waals surface area contributed by atoms with Crippen LogP contribution in [0.1, 0.15) is 24.1 Å². The molecule has 0 spiro atoms. The van der Waals surface area contributed by atoms with E-state index in [9.17, 15) is 4.39 Å². The summed E-state index contributed by atoms with van der Waals surface area (Å²) in [6.07, 6.45) is 0. The minimum atomic E-state index is -0.314. The van der Waals surface area contributed by atoms with E-state index < -0.39 is 0 Å². The molecule has 106 valence electrons. The summed E-state index contributed by atoms with van der Waals surface area (Å²) in [5.41, 5.74) is 1.98. The van der Waals surface area contributed by atoms with E-state index in [2.05, 4.69) is 12.2 Å². The van der Waals surface area contributed by atoms with Crippen molar-refractivity contribution in [3.05, 3.63) is 64.4 Å². The number of nitrogens with one attached hydrogen (secondary N) is 1. The molecule has 2 aromatic carbocycles. The fourth-order valence-corrected chi connectivity index (χ4v) is 2.24. The maximum absolute atomic E-state index is 13.2. The van der Waals surface area contributed by atoms with Crippen LogP contribution in [0.25, 0.3) is 0 Å². The quantitative estimate of drug-likeness (QED) is 0.885. The fourth-order valence-electron chi connectivity index (χ4n) is 1.99. The average molecular weight is 294 g/mol. The first-order valence-corrected chi connectivity index (χ1v) is 6.78. The average Bonchev–Trinajstić information content (AvgIpc) is 2.44. The van der Waals surface area contributed by atoms with Gasteiger partial charge < -0.3 is 10.1 Å². The van der Waals surface area contributed by atoms with Crippen molar-refractivity contribution in [2.45, 2.75) is 19.5 Å². The van der Waals surface area contributed by atoms with Gasteiger partial charge in [-0.2, -0.15) is 0 Å². The van der Waals surface area contributed by atoms with Gasteiger partial charge in [-0.25, -0.2) is 4.39 Å². The molecule has 0 aromatic heterocycles. The van der Waals surface area contributed by atoms with Crippen LogP contribution in [-0.4, -0.2) is 7.11 Å². The Kier molecular flexibility index (Phi) is 4.99. The first kappa shape index (κ1) is 14.8. The topological polar surface area (TPSA) is 21.3 Å². The zero-order valence-electron chi connectivity index (χ0n) is 11.5. The Morgan fingerprint density at radius 2 is 1.90 bits per heavy atom. The van der Waals surface area contributed by atoms with E-state index >= 15 is 0 Å². The van der Waals surface area contributed by atoms with Gasteiger partial charge >= 0.3 is 0 Å². The Hall–Kier alpha value is -1.58. The van der Waals surface area contributed by atoms with E-state index in [4.69, 9.17) is 16.3 Å². The van der Waals surface area contributed by atoms with Gasteiger partial charge in [0.15, 0.2) is 0 Å². The number of ether oxygens (including phenoxy) is 1. The molecule has 0 bridgehead atoms. The Labute approximate surface area is 123 Å². The van der Waals surface area contributed by atoms with Gasteiger partial charge in [0, 0.05) is 17.6 Å². The van der Waals surface area contributed by atoms with Gasteiger partial charge in [-0.15, -0.1) is 0 Å². The summed E-state index contributed by atoms with van der Waals surface area (Å²) in [6, 6.07) is 12.6. The Morgan fingerprint density at radius 3 is 2.50 bits per heavy atom. The zero-order chi connectivity index (χ0) is 14.5. The third kappa shape index (κ3) is 3.95. The van der Waals surface area contributed by atoms with Crippen molar-refractivity contribution in [1.29, 1.82) is 0 Å². The van der Waals surface area contributed by atoms with Gasteiger partial charge in [-0.1, -0.05) is 23.7 Å². The third-order valence-electron chi connectivity index (χ3n) is 3.15. The van der Waals surface area contributed by atoms with E-state index in [0.29, 0.717) is 11.6 Å². The first-order valence-electron chi connectivity index (χ1n) is 6.41. The molecule has 1 N–H and O–H groups in total. The lowest BCUT2D eigenvalue weighted by Gasteiger charge is -2.15. The van der Waals surface area contributed by atoms with Gasteiger partial charge in [0.1, 0.15) is 11.6 Å². The van der Waals surface area contributed by atoms with Crippen LogP contribution in [0.5, 0.6) is 5.75 Å². The lowest BCUT2D eigenvalue weighted by Crippen LogP contribution is -2.18. The van der Waals surface area contributed by atoms with Crippen molar-refractivity contribution >= 4 is 11.6 Å². The molecule has 0 amide bonds. The lowest BCUT2D eigenvalue weighted by molar-refractivity contribution is 0.414. The van der Waals surface area contributed by atoms with Gasteiger partial charge in [0.25, 0.3) is 0 Å². The molecular weight excluding hydrogens is 277 g/mol. The molecule has 0 radical (unpaired) electrons. The molecule has 0 aliphatic heterocycles. The summed E-state index contributed by atoms with van der Waals surface area (Å²) in [7, 11) is 1.64. The molecular formula is C16H17ClFNO. The van der Waals surface area contributed by atoms with Gasteiger partial charge in [0.05, 0.1) is 7.11 Å². The molecule has 0 aliphatic rings. The normalized spacial score (nSPS) is 12.2. The number of benzene rings is 2. The number of rotatable bonds is 5. The highest BCUT2D eigenvalue weighted by atomic mass is 35.5. The lowest BCUT2D eigenvalue weighted by atomic mass is 10.1. The Balaban J connectivity index is 1.98. The smallest absolute Gasteiger partial charge is 0.125 e. The molecule has 0 aliphatic carbocycles. The summed E-state index contributed by atoms with van der Waals surface area (Å²) in [5.74, 6) is 0.518. The maximum Gasteiger partial charge on any atom is 0.125 e. The predicted octanol–water partition coefficient (Wildman–Crippen LogP) is 4.34. The van der Waals surface area contributed by atoms with Crippen molar-refractivity contribution in [3.8, 4) is 5.75 Å². The van der Waals surface area contributed by atoms with Gasteiger partial charge in [0.2, 0.25) is 0 Å². The van der Waals surface area contributed by atoms with E-state index in [0.717, 1.165) is 16.9 Å². The van der Waals surface area contributed by atoms with Crippen LogP contribution >= 0.6 is 11.6 Å². The largest absolute Gasteiger partial charge is 0.497 e. The van der Waals surface area contributed by atoms with Crippen LogP contribution in [0.15, 0.2) is 42.5 Å². The Morgan fingerprint density at radius 1 is 1.20 bits per heavy atom. The van der Waals surface area contributed by atoms with Crippen LogP contribution in [0.2, 0.25) is 5.02 Å². The summed E-state index contributed by atoms with van der Waals surface area (Å²) < 4.78 is 18.4. The van der Waals surface area contributed by atoms with Gasteiger partial charge in [-0.3, -0.25) is 0 Å². The minimum absolute atomic E-state index is 0.156. The van der Waals surface area contributed by atoms with Crippen LogP contribution in [0.4, 0.5) is 4.39 Å². The molecule has 0 unspecified atom stereocenters. The predicted molar refractivity (Wildman–Crippen MR) is 79.7 cm³/mol. The molecule has 2 rings (SSSR count). The first-order chi connectivity index (χ1) is 9.58. The zero-order valence-corrected chi connectivity index (χ0v) is 12.2. The number of methoxy groups -OCH3 is 1. The summed E-state index contributed by atoms with van der Waals surface area (Å²) in [6.45, 7) is 2.62. The molecule has 0 fully saturated rings. The molecule has 2 aromatic rings.